The Labute approximate surface area is 138 Å². The van der Waals surface area contributed by atoms with E-state index in [4.69, 9.17) is 4.74 Å². The highest BCUT2D eigenvalue weighted by Crippen LogP contribution is 2.32. The first-order valence-electron chi connectivity index (χ1n) is 7.94. The maximum atomic E-state index is 12.9. The summed E-state index contributed by atoms with van der Waals surface area (Å²) in [4.78, 5) is 2.57. The molecule has 23 heavy (non-hydrogen) atoms. The highest BCUT2D eigenvalue weighted by Gasteiger charge is 2.43. The van der Waals surface area contributed by atoms with Crippen LogP contribution in [-0.4, -0.2) is 72.8 Å². The van der Waals surface area contributed by atoms with Gasteiger partial charge in [0.25, 0.3) is 0 Å². The van der Waals surface area contributed by atoms with E-state index in [-0.39, 0.29) is 11.5 Å². The molecule has 0 N–H and O–H groups in total. The molecule has 0 radical (unpaired) electrons. The number of aryl methyl sites for hydroxylation is 1. The molecule has 7 nitrogen and oxygen atoms in total. The first-order chi connectivity index (χ1) is 10.6. The van der Waals surface area contributed by atoms with Crippen LogP contribution in [0.15, 0.2) is 11.1 Å². The first kappa shape index (κ1) is 16.9. The number of ether oxygens (including phenoxy) is 1. The summed E-state index contributed by atoms with van der Waals surface area (Å²) in [5.74, 6) is 0. The van der Waals surface area contributed by atoms with Crippen molar-refractivity contribution in [3.63, 3.8) is 0 Å². The SMILES string of the molecule is CN(C1COC1)C1CN(S(=O)(=O)c2cn(C)nc2C(C)(C)C)C1. The lowest BCUT2D eigenvalue weighted by molar-refractivity contribution is -0.0834. The maximum absolute atomic E-state index is 12.9. The van der Waals surface area contributed by atoms with Gasteiger partial charge in [-0.1, -0.05) is 20.8 Å². The Bertz CT molecular complexity index is 682. The van der Waals surface area contributed by atoms with Crippen molar-refractivity contribution in [1.29, 1.82) is 0 Å². The third kappa shape index (κ3) is 2.93. The molecule has 1 aromatic rings. The number of rotatable bonds is 4. The van der Waals surface area contributed by atoms with Gasteiger partial charge in [-0.2, -0.15) is 9.40 Å². The summed E-state index contributed by atoms with van der Waals surface area (Å²) in [6.45, 7) is 8.52. The second kappa shape index (κ2) is 5.54. The van der Waals surface area contributed by atoms with Gasteiger partial charge in [-0.05, 0) is 7.05 Å². The minimum absolute atomic E-state index is 0.272. The highest BCUT2D eigenvalue weighted by molar-refractivity contribution is 7.89. The predicted molar refractivity (Wildman–Crippen MR) is 86.8 cm³/mol. The fourth-order valence-corrected chi connectivity index (χ4v) is 4.83. The summed E-state index contributed by atoms with van der Waals surface area (Å²) in [6, 6.07) is 0.696. The number of likely N-dealkylation sites (N-methyl/N-ethyl adjacent to an activating group) is 1. The smallest absolute Gasteiger partial charge is 0.246 e. The molecule has 8 heteroatoms. The molecule has 0 saturated carbocycles. The van der Waals surface area contributed by atoms with E-state index >= 15 is 0 Å². The van der Waals surface area contributed by atoms with Crippen LogP contribution in [0, 0.1) is 0 Å². The molecule has 2 fully saturated rings. The Balaban J connectivity index is 1.76. The first-order valence-corrected chi connectivity index (χ1v) is 9.38. The molecular formula is C15H26N4O3S. The van der Waals surface area contributed by atoms with Gasteiger partial charge in [-0.3, -0.25) is 9.58 Å². The monoisotopic (exact) mass is 342 g/mol. The van der Waals surface area contributed by atoms with Gasteiger partial charge in [-0.15, -0.1) is 0 Å². The topological polar surface area (TPSA) is 67.7 Å². The molecule has 3 rings (SSSR count). The van der Waals surface area contributed by atoms with Crippen LogP contribution >= 0.6 is 0 Å². The molecule has 0 spiro atoms. The van der Waals surface area contributed by atoms with Gasteiger partial charge in [0.2, 0.25) is 10.0 Å². The predicted octanol–water partition coefficient (Wildman–Crippen LogP) is 0.421. The Kier molecular flexibility index (Phi) is 4.07. The maximum Gasteiger partial charge on any atom is 0.246 e. The lowest BCUT2D eigenvalue weighted by Gasteiger charge is -2.47. The van der Waals surface area contributed by atoms with Crippen LogP contribution in [-0.2, 0) is 27.2 Å². The van der Waals surface area contributed by atoms with Crippen LogP contribution in [0.1, 0.15) is 26.5 Å². The average Bonchev–Trinajstić information content (AvgIpc) is 2.66. The van der Waals surface area contributed by atoms with E-state index in [9.17, 15) is 8.42 Å². The summed E-state index contributed by atoms with van der Waals surface area (Å²) in [7, 11) is 0.326. The molecule has 0 amide bonds. The molecule has 3 heterocycles. The van der Waals surface area contributed by atoms with Crippen LogP contribution in [0.5, 0.6) is 0 Å². The normalized spacial score (nSPS) is 21.5. The standard InChI is InChI=1S/C15H26N4O3S/c1-15(2,3)14-13(8-17(4)16-14)23(20,21)19-6-11(7-19)18(5)12-9-22-10-12/h8,11-12H,6-7,9-10H2,1-5H3. The zero-order chi connectivity index (χ0) is 17.0. The van der Waals surface area contributed by atoms with Gasteiger partial charge in [0.1, 0.15) is 4.90 Å². The molecule has 2 saturated heterocycles. The summed E-state index contributed by atoms with van der Waals surface area (Å²) in [5.41, 5.74) is 0.317. The van der Waals surface area contributed by atoms with E-state index in [1.807, 2.05) is 27.8 Å². The van der Waals surface area contributed by atoms with Crippen molar-refractivity contribution < 1.29 is 13.2 Å². The molecule has 0 aromatic carbocycles. The molecule has 2 aliphatic heterocycles. The average molecular weight is 342 g/mol. The fraction of sp³-hybridized carbons (Fsp3) is 0.800. The molecule has 1 aromatic heterocycles. The van der Waals surface area contributed by atoms with E-state index in [1.165, 1.54) is 0 Å². The van der Waals surface area contributed by atoms with E-state index < -0.39 is 10.0 Å². The lowest BCUT2D eigenvalue weighted by Crippen LogP contribution is -2.64. The number of hydrogen-bond donors (Lipinski definition) is 0. The third-order valence-electron chi connectivity index (χ3n) is 4.72. The number of sulfonamides is 1. The lowest BCUT2D eigenvalue weighted by atomic mass is 9.92. The van der Waals surface area contributed by atoms with E-state index in [2.05, 4.69) is 10.00 Å². The van der Waals surface area contributed by atoms with Crippen LogP contribution in [0.25, 0.3) is 0 Å². The Morgan fingerprint density at radius 2 is 1.87 bits per heavy atom. The summed E-state index contributed by atoms with van der Waals surface area (Å²) < 4.78 is 34.2. The largest absolute Gasteiger partial charge is 0.378 e. The van der Waals surface area contributed by atoms with E-state index in [1.54, 1.807) is 22.2 Å². The number of aromatic nitrogens is 2. The summed E-state index contributed by atoms with van der Waals surface area (Å²) in [6.07, 6.45) is 1.62. The van der Waals surface area contributed by atoms with E-state index in [0.29, 0.717) is 29.7 Å². The molecule has 0 unspecified atom stereocenters. The fourth-order valence-electron chi connectivity index (χ4n) is 2.94. The van der Waals surface area contributed by atoms with Crippen LogP contribution in [0.4, 0.5) is 0 Å². The van der Waals surface area contributed by atoms with Crippen molar-refractivity contribution in [2.24, 2.45) is 7.05 Å². The van der Waals surface area contributed by atoms with Gasteiger partial charge in [-0.25, -0.2) is 8.42 Å². The number of nitrogens with zero attached hydrogens (tertiary/aromatic N) is 4. The number of hydrogen-bond acceptors (Lipinski definition) is 5. The Morgan fingerprint density at radius 1 is 1.26 bits per heavy atom. The third-order valence-corrected chi connectivity index (χ3v) is 6.56. The van der Waals surface area contributed by atoms with Crippen molar-refractivity contribution in [2.45, 2.75) is 43.2 Å². The summed E-state index contributed by atoms with van der Waals surface area (Å²) in [5, 5.41) is 4.38. The van der Waals surface area contributed by atoms with Crippen molar-refractivity contribution in [2.75, 3.05) is 33.4 Å². The van der Waals surface area contributed by atoms with Gasteiger partial charge in [0.15, 0.2) is 0 Å². The summed E-state index contributed by atoms with van der Waals surface area (Å²) >= 11 is 0. The van der Waals surface area contributed by atoms with Gasteiger partial charge >= 0.3 is 0 Å². The van der Waals surface area contributed by atoms with Crippen LogP contribution in [0.2, 0.25) is 0 Å². The Hall–Kier alpha value is -0.960. The second-order valence-electron chi connectivity index (χ2n) is 7.60. The minimum atomic E-state index is -3.48. The molecule has 130 valence electrons. The van der Waals surface area contributed by atoms with Crippen molar-refractivity contribution in [1.82, 2.24) is 19.0 Å². The Morgan fingerprint density at radius 3 is 2.35 bits per heavy atom. The zero-order valence-corrected chi connectivity index (χ0v) is 15.3. The molecule has 0 aliphatic carbocycles. The van der Waals surface area contributed by atoms with Gasteiger partial charge in [0, 0.05) is 37.8 Å². The zero-order valence-electron chi connectivity index (χ0n) is 14.5. The minimum Gasteiger partial charge on any atom is -0.378 e. The van der Waals surface area contributed by atoms with Gasteiger partial charge in [0.05, 0.1) is 24.9 Å². The van der Waals surface area contributed by atoms with Crippen LogP contribution < -0.4 is 0 Å². The molecule has 2 aliphatic rings. The van der Waals surface area contributed by atoms with Crippen molar-refractivity contribution >= 4 is 10.0 Å². The second-order valence-corrected chi connectivity index (χ2v) is 9.50. The quantitative estimate of drug-likeness (QED) is 0.793. The highest BCUT2D eigenvalue weighted by atomic mass is 32.2. The van der Waals surface area contributed by atoms with E-state index in [0.717, 1.165) is 13.2 Å². The molecule has 0 bridgehead atoms. The van der Waals surface area contributed by atoms with Crippen molar-refractivity contribution in [3.05, 3.63) is 11.9 Å². The van der Waals surface area contributed by atoms with Crippen molar-refractivity contribution in [3.8, 4) is 0 Å². The van der Waals surface area contributed by atoms with Gasteiger partial charge < -0.3 is 4.74 Å². The molecule has 0 atom stereocenters. The molecular weight excluding hydrogens is 316 g/mol. The van der Waals surface area contributed by atoms with Crippen LogP contribution in [0.3, 0.4) is 0 Å².